The Morgan fingerprint density at radius 1 is 1.19 bits per heavy atom. The Balaban J connectivity index is 2.20. The van der Waals surface area contributed by atoms with E-state index >= 15 is 0 Å². The van der Waals surface area contributed by atoms with Gasteiger partial charge < -0.3 is 20.9 Å². The zero-order valence-electron chi connectivity index (χ0n) is 17.4. The highest BCUT2D eigenvalue weighted by Gasteiger charge is 2.25. The number of likely N-dealkylation sites (tertiary alicyclic amines) is 1. The Bertz CT molecular complexity index is 581. The molecule has 1 aliphatic heterocycles. The second-order valence-electron chi connectivity index (χ2n) is 8.93. The second-order valence-corrected chi connectivity index (χ2v) is 8.93. The first-order valence-electron chi connectivity index (χ1n) is 9.74. The molecule has 5 heteroatoms. The minimum Gasteiger partial charge on any atom is -0.378 e. The number of benzene rings is 1. The van der Waals surface area contributed by atoms with E-state index in [1.807, 2.05) is 0 Å². The smallest absolute Gasteiger partial charge is 0.198 e. The molecule has 1 aromatic rings. The summed E-state index contributed by atoms with van der Waals surface area (Å²) >= 11 is 0. The molecule has 1 aliphatic rings. The SMILES string of the molecule is CC1CC(C)CN(C(=NCC(C)(C)CN)Nc2ccc(N(C)C)cc2)C1. The lowest BCUT2D eigenvalue weighted by Gasteiger charge is -2.37. The summed E-state index contributed by atoms with van der Waals surface area (Å²) in [7, 11) is 4.11. The van der Waals surface area contributed by atoms with Crippen LogP contribution < -0.4 is 16.0 Å². The lowest BCUT2D eigenvalue weighted by atomic mass is 9.92. The first-order valence-corrected chi connectivity index (χ1v) is 9.74. The number of hydrogen-bond acceptors (Lipinski definition) is 3. The van der Waals surface area contributed by atoms with Crippen molar-refractivity contribution in [3.05, 3.63) is 24.3 Å². The standard InChI is InChI=1S/C21H37N5/c1-16-11-17(2)13-26(12-16)20(23-15-21(3,4)14-22)24-18-7-9-19(10-8-18)25(5)6/h7-10,16-17H,11-15,22H2,1-6H3,(H,23,24). The number of nitrogens with zero attached hydrogens (tertiary/aromatic N) is 3. The van der Waals surface area contributed by atoms with Crippen molar-refractivity contribution in [2.24, 2.45) is 28.0 Å². The number of guanidine groups is 1. The summed E-state index contributed by atoms with van der Waals surface area (Å²) < 4.78 is 0. The van der Waals surface area contributed by atoms with E-state index in [2.05, 4.69) is 81.2 Å². The summed E-state index contributed by atoms with van der Waals surface area (Å²) in [5, 5.41) is 3.57. The highest BCUT2D eigenvalue weighted by atomic mass is 15.3. The normalized spacial score (nSPS) is 21.7. The lowest BCUT2D eigenvalue weighted by Crippen LogP contribution is -2.46. The van der Waals surface area contributed by atoms with Crippen LogP contribution in [0.5, 0.6) is 0 Å². The molecule has 2 rings (SSSR count). The average molecular weight is 360 g/mol. The molecule has 3 N–H and O–H groups in total. The average Bonchev–Trinajstić information content (AvgIpc) is 2.58. The Labute approximate surface area is 159 Å². The van der Waals surface area contributed by atoms with Crippen LogP contribution in [-0.2, 0) is 0 Å². The Morgan fingerprint density at radius 3 is 2.27 bits per heavy atom. The van der Waals surface area contributed by atoms with Gasteiger partial charge in [0, 0.05) is 45.1 Å². The molecule has 1 aromatic carbocycles. The van der Waals surface area contributed by atoms with Crippen LogP contribution in [0.1, 0.15) is 34.1 Å². The van der Waals surface area contributed by atoms with Gasteiger partial charge in [-0.25, -0.2) is 0 Å². The summed E-state index contributed by atoms with van der Waals surface area (Å²) in [6, 6.07) is 8.50. The van der Waals surface area contributed by atoms with E-state index < -0.39 is 0 Å². The molecule has 146 valence electrons. The molecule has 26 heavy (non-hydrogen) atoms. The summed E-state index contributed by atoms with van der Waals surface area (Å²) in [5.74, 6) is 2.34. The van der Waals surface area contributed by atoms with Crippen molar-refractivity contribution in [3.63, 3.8) is 0 Å². The van der Waals surface area contributed by atoms with Crippen LogP contribution >= 0.6 is 0 Å². The molecule has 0 saturated carbocycles. The van der Waals surface area contributed by atoms with Gasteiger partial charge >= 0.3 is 0 Å². The summed E-state index contributed by atoms with van der Waals surface area (Å²) in [4.78, 5) is 9.47. The van der Waals surface area contributed by atoms with Crippen molar-refractivity contribution in [2.75, 3.05) is 50.5 Å². The molecule has 1 fully saturated rings. The molecule has 1 saturated heterocycles. The van der Waals surface area contributed by atoms with Gasteiger partial charge in [0.1, 0.15) is 0 Å². The molecule has 0 aromatic heterocycles. The quantitative estimate of drug-likeness (QED) is 0.624. The number of nitrogens with two attached hydrogens (primary N) is 1. The maximum Gasteiger partial charge on any atom is 0.198 e. The summed E-state index contributed by atoms with van der Waals surface area (Å²) in [6.45, 7) is 12.5. The van der Waals surface area contributed by atoms with Gasteiger partial charge in [0.25, 0.3) is 0 Å². The monoisotopic (exact) mass is 359 g/mol. The molecule has 2 unspecified atom stereocenters. The van der Waals surface area contributed by atoms with Gasteiger partial charge in [0.15, 0.2) is 5.96 Å². The number of hydrogen-bond donors (Lipinski definition) is 2. The number of aliphatic imine (C=N–C) groups is 1. The Kier molecular flexibility index (Phi) is 6.93. The van der Waals surface area contributed by atoms with E-state index in [4.69, 9.17) is 10.7 Å². The number of rotatable bonds is 5. The van der Waals surface area contributed by atoms with Gasteiger partial charge in [0.05, 0.1) is 0 Å². The van der Waals surface area contributed by atoms with Crippen molar-refractivity contribution in [3.8, 4) is 0 Å². The first kappa shape index (κ1) is 20.6. The highest BCUT2D eigenvalue weighted by molar-refractivity contribution is 5.94. The maximum absolute atomic E-state index is 5.90. The van der Waals surface area contributed by atoms with Crippen molar-refractivity contribution < 1.29 is 0 Å². The third-order valence-electron chi connectivity index (χ3n) is 5.02. The fourth-order valence-electron chi connectivity index (χ4n) is 3.38. The van der Waals surface area contributed by atoms with Crippen molar-refractivity contribution in [1.82, 2.24) is 4.90 Å². The van der Waals surface area contributed by atoms with E-state index in [1.54, 1.807) is 0 Å². The third-order valence-corrected chi connectivity index (χ3v) is 5.02. The fraction of sp³-hybridized carbons (Fsp3) is 0.667. The molecule has 1 heterocycles. The fourth-order valence-corrected chi connectivity index (χ4v) is 3.38. The predicted molar refractivity (Wildman–Crippen MR) is 114 cm³/mol. The van der Waals surface area contributed by atoms with Crippen LogP contribution in [0.2, 0.25) is 0 Å². The van der Waals surface area contributed by atoms with Crippen molar-refractivity contribution >= 4 is 17.3 Å². The first-order chi connectivity index (χ1) is 12.2. The van der Waals surface area contributed by atoms with Gasteiger partial charge in [-0.1, -0.05) is 27.7 Å². The zero-order chi connectivity index (χ0) is 19.3. The van der Waals surface area contributed by atoms with Gasteiger partial charge in [-0.3, -0.25) is 4.99 Å². The van der Waals surface area contributed by atoms with Crippen LogP contribution in [0.25, 0.3) is 0 Å². The van der Waals surface area contributed by atoms with Crippen LogP contribution in [0, 0.1) is 17.3 Å². The summed E-state index contributed by atoms with van der Waals surface area (Å²) in [5.41, 5.74) is 8.18. The second kappa shape index (κ2) is 8.76. The van der Waals surface area contributed by atoms with Gasteiger partial charge in [-0.15, -0.1) is 0 Å². The minimum atomic E-state index is 0.00866. The molecule has 5 nitrogen and oxygen atoms in total. The molecule has 0 aliphatic carbocycles. The van der Waals surface area contributed by atoms with Gasteiger partial charge in [-0.05, 0) is 54.5 Å². The predicted octanol–water partition coefficient (Wildman–Crippen LogP) is 3.48. The zero-order valence-corrected chi connectivity index (χ0v) is 17.4. The van der Waals surface area contributed by atoms with E-state index in [-0.39, 0.29) is 5.41 Å². The van der Waals surface area contributed by atoms with E-state index in [0.717, 1.165) is 31.3 Å². The minimum absolute atomic E-state index is 0.00866. The summed E-state index contributed by atoms with van der Waals surface area (Å²) in [6.07, 6.45) is 1.29. The van der Waals surface area contributed by atoms with Gasteiger partial charge in [-0.2, -0.15) is 0 Å². The molecule has 0 bridgehead atoms. The van der Waals surface area contributed by atoms with E-state index in [9.17, 15) is 0 Å². The van der Waals surface area contributed by atoms with Crippen molar-refractivity contribution in [1.29, 1.82) is 0 Å². The van der Waals surface area contributed by atoms with Crippen LogP contribution in [-0.4, -0.2) is 51.1 Å². The number of piperidine rings is 1. The molecular weight excluding hydrogens is 322 g/mol. The third kappa shape index (κ3) is 5.90. The van der Waals surface area contributed by atoms with E-state index in [1.165, 1.54) is 12.1 Å². The maximum atomic E-state index is 5.90. The topological polar surface area (TPSA) is 56.9 Å². The van der Waals surface area contributed by atoms with Crippen molar-refractivity contribution in [2.45, 2.75) is 34.1 Å². The van der Waals surface area contributed by atoms with Crippen LogP contribution in [0.15, 0.2) is 29.3 Å². The molecule has 0 amide bonds. The molecule has 2 atom stereocenters. The lowest BCUT2D eigenvalue weighted by molar-refractivity contribution is 0.212. The van der Waals surface area contributed by atoms with E-state index in [0.29, 0.717) is 18.4 Å². The number of anilines is 2. The van der Waals surface area contributed by atoms with Crippen LogP contribution in [0.3, 0.4) is 0 Å². The molecular formula is C21H37N5. The highest BCUT2D eigenvalue weighted by Crippen LogP contribution is 2.23. The van der Waals surface area contributed by atoms with Gasteiger partial charge in [0.2, 0.25) is 0 Å². The largest absolute Gasteiger partial charge is 0.378 e. The molecule has 0 spiro atoms. The van der Waals surface area contributed by atoms with Crippen LogP contribution in [0.4, 0.5) is 11.4 Å². The Morgan fingerprint density at radius 2 is 1.77 bits per heavy atom. The Hall–Kier alpha value is -1.75. The molecule has 0 radical (unpaired) electrons. The number of nitrogens with one attached hydrogen (secondary N) is 1.